The Kier molecular flexibility index (Phi) is 6.42. The van der Waals surface area contributed by atoms with Crippen molar-refractivity contribution < 1.29 is 28.8 Å². The van der Waals surface area contributed by atoms with Crippen molar-refractivity contribution in [3.8, 4) is 5.75 Å². The Morgan fingerprint density at radius 3 is 2.33 bits per heavy atom. The zero-order valence-electron chi connectivity index (χ0n) is 13.9. The Hall–Kier alpha value is -3.95. The highest BCUT2D eigenvalue weighted by Crippen LogP contribution is 2.25. The molecule has 10 nitrogen and oxygen atoms in total. The van der Waals surface area contributed by atoms with E-state index in [1.54, 1.807) is 0 Å². The number of hydrogen-bond acceptors (Lipinski definition) is 7. The molecule has 0 saturated carbocycles. The fourth-order valence-electron chi connectivity index (χ4n) is 1.97. The van der Waals surface area contributed by atoms with Gasteiger partial charge in [-0.2, -0.15) is 0 Å². The van der Waals surface area contributed by atoms with Gasteiger partial charge in [-0.25, -0.2) is 4.79 Å². The number of primary amides is 1. The second-order valence-corrected chi connectivity index (χ2v) is 5.16. The molecule has 140 valence electrons. The van der Waals surface area contributed by atoms with E-state index in [1.807, 2.05) is 0 Å². The molecule has 10 heteroatoms. The smallest absolute Gasteiger partial charge is 0.344 e. The molecule has 0 spiro atoms. The van der Waals surface area contributed by atoms with Crippen LogP contribution in [0.25, 0.3) is 0 Å². The molecule has 0 saturated heterocycles. The number of nitro benzene ring substituents is 1. The molecule has 0 bridgehead atoms. The Bertz CT molecular complexity index is 865. The van der Waals surface area contributed by atoms with Gasteiger partial charge in [0.05, 0.1) is 4.92 Å². The van der Waals surface area contributed by atoms with Crippen molar-refractivity contribution in [2.45, 2.75) is 0 Å². The summed E-state index contributed by atoms with van der Waals surface area (Å²) in [5, 5.41) is 13.3. The van der Waals surface area contributed by atoms with E-state index in [0.29, 0.717) is 5.69 Å². The van der Waals surface area contributed by atoms with Crippen LogP contribution in [0.15, 0.2) is 48.5 Å². The van der Waals surface area contributed by atoms with Gasteiger partial charge < -0.3 is 20.5 Å². The van der Waals surface area contributed by atoms with Gasteiger partial charge in [-0.3, -0.25) is 19.7 Å². The highest BCUT2D eigenvalue weighted by atomic mass is 16.6. The molecule has 2 aromatic carbocycles. The Balaban J connectivity index is 1.79. The van der Waals surface area contributed by atoms with Gasteiger partial charge in [0.15, 0.2) is 19.0 Å². The van der Waals surface area contributed by atoms with Crippen molar-refractivity contribution in [2.24, 2.45) is 5.73 Å². The number of rotatable bonds is 8. The summed E-state index contributed by atoms with van der Waals surface area (Å²) < 4.78 is 9.79. The fraction of sp³-hybridized carbons (Fsp3) is 0.118. The summed E-state index contributed by atoms with van der Waals surface area (Å²) >= 11 is 0. The van der Waals surface area contributed by atoms with Crippen molar-refractivity contribution in [3.63, 3.8) is 0 Å². The molecule has 0 aliphatic rings. The van der Waals surface area contributed by atoms with Crippen molar-refractivity contribution in [2.75, 3.05) is 18.5 Å². The first kappa shape index (κ1) is 19.4. The molecule has 2 rings (SSSR count). The normalized spacial score (nSPS) is 9.93. The van der Waals surface area contributed by atoms with E-state index in [9.17, 15) is 24.5 Å². The van der Waals surface area contributed by atoms with Crippen molar-refractivity contribution in [3.05, 3.63) is 64.2 Å². The minimum atomic E-state index is -0.868. The van der Waals surface area contributed by atoms with Crippen LogP contribution in [0.3, 0.4) is 0 Å². The number of nitrogens with zero attached hydrogens (tertiary/aromatic N) is 1. The van der Waals surface area contributed by atoms with Crippen LogP contribution in [0.2, 0.25) is 0 Å². The number of ether oxygens (including phenoxy) is 2. The maximum Gasteiger partial charge on any atom is 0.344 e. The lowest BCUT2D eigenvalue weighted by Crippen LogP contribution is -2.23. The highest BCUT2D eigenvalue weighted by Gasteiger charge is 2.16. The van der Waals surface area contributed by atoms with Crippen LogP contribution in [-0.4, -0.2) is 35.9 Å². The molecule has 0 fully saturated rings. The predicted molar refractivity (Wildman–Crippen MR) is 93.1 cm³/mol. The van der Waals surface area contributed by atoms with Gasteiger partial charge in [0.25, 0.3) is 5.91 Å². The van der Waals surface area contributed by atoms with E-state index in [2.05, 4.69) is 5.32 Å². The third kappa shape index (κ3) is 5.81. The van der Waals surface area contributed by atoms with Crippen LogP contribution >= 0.6 is 0 Å². The Morgan fingerprint density at radius 2 is 1.70 bits per heavy atom. The topological polar surface area (TPSA) is 151 Å². The van der Waals surface area contributed by atoms with Gasteiger partial charge in [-0.05, 0) is 30.3 Å². The first-order chi connectivity index (χ1) is 12.9. The third-order valence-electron chi connectivity index (χ3n) is 3.22. The molecule has 0 unspecified atom stereocenters. The van der Waals surface area contributed by atoms with Crippen LogP contribution in [0.4, 0.5) is 11.4 Å². The van der Waals surface area contributed by atoms with Crippen molar-refractivity contribution in [1.29, 1.82) is 0 Å². The van der Waals surface area contributed by atoms with Crippen LogP contribution in [-0.2, 0) is 14.3 Å². The molecule has 2 aromatic rings. The molecule has 0 atom stereocenters. The maximum atomic E-state index is 11.7. The molecule has 3 N–H and O–H groups in total. The monoisotopic (exact) mass is 373 g/mol. The number of benzene rings is 2. The summed E-state index contributed by atoms with van der Waals surface area (Å²) in [7, 11) is 0. The number of carbonyl (C=O) groups excluding carboxylic acids is 3. The molecule has 0 aromatic heterocycles. The summed E-state index contributed by atoms with van der Waals surface area (Å²) in [6.45, 7) is -1.16. The van der Waals surface area contributed by atoms with Crippen molar-refractivity contribution >= 4 is 29.2 Å². The first-order valence-corrected chi connectivity index (χ1v) is 7.58. The van der Waals surface area contributed by atoms with Crippen molar-refractivity contribution in [1.82, 2.24) is 0 Å². The minimum absolute atomic E-state index is 0.0848. The predicted octanol–water partition coefficient (Wildman–Crippen LogP) is 1.25. The van der Waals surface area contributed by atoms with E-state index in [0.717, 1.165) is 0 Å². The van der Waals surface area contributed by atoms with E-state index >= 15 is 0 Å². The standard InChI is InChI=1S/C17H15N3O7/c18-17(23)11-5-7-12(8-6-11)19-15(21)9-27-16(22)10-26-14-4-2-1-3-13(14)20(24)25/h1-8H,9-10H2,(H2,18,23)(H,19,21). The number of para-hydroxylation sites is 2. The molecule has 0 heterocycles. The average molecular weight is 373 g/mol. The van der Waals surface area contributed by atoms with Crippen LogP contribution in [0.1, 0.15) is 10.4 Å². The molecule has 2 amide bonds. The number of amides is 2. The summed E-state index contributed by atoms with van der Waals surface area (Å²) in [6, 6.07) is 11.4. The van der Waals surface area contributed by atoms with Gasteiger partial charge in [0.2, 0.25) is 5.91 Å². The lowest BCUT2D eigenvalue weighted by molar-refractivity contribution is -0.385. The summed E-state index contributed by atoms with van der Waals surface area (Å²) in [6.07, 6.45) is 0. The highest BCUT2D eigenvalue weighted by molar-refractivity contribution is 5.95. The van der Waals surface area contributed by atoms with E-state index in [1.165, 1.54) is 48.5 Å². The van der Waals surface area contributed by atoms with Gasteiger partial charge in [0.1, 0.15) is 0 Å². The van der Waals surface area contributed by atoms with Gasteiger partial charge in [-0.15, -0.1) is 0 Å². The van der Waals surface area contributed by atoms with Crippen LogP contribution in [0, 0.1) is 10.1 Å². The van der Waals surface area contributed by atoms with Gasteiger partial charge in [-0.1, -0.05) is 12.1 Å². The molecule has 0 aliphatic heterocycles. The van der Waals surface area contributed by atoms with Gasteiger partial charge >= 0.3 is 11.7 Å². The summed E-state index contributed by atoms with van der Waals surface area (Å²) in [4.78, 5) is 44.5. The third-order valence-corrected chi connectivity index (χ3v) is 3.22. The molecular formula is C17H15N3O7. The Labute approximate surface area is 153 Å². The summed E-state index contributed by atoms with van der Waals surface area (Å²) in [5.41, 5.74) is 5.49. The number of nitrogens with two attached hydrogens (primary N) is 1. The lowest BCUT2D eigenvalue weighted by Gasteiger charge is -2.08. The second kappa shape index (κ2) is 8.94. The zero-order chi connectivity index (χ0) is 19.8. The molecule has 27 heavy (non-hydrogen) atoms. The number of nitro groups is 1. The number of hydrogen-bond donors (Lipinski definition) is 2. The van der Waals surface area contributed by atoms with Crippen LogP contribution < -0.4 is 15.8 Å². The lowest BCUT2D eigenvalue weighted by atomic mass is 10.2. The zero-order valence-corrected chi connectivity index (χ0v) is 13.9. The first-order valence-electron chi connectivity index (χ1n) is 7.58. The van der Waals surface area contributed by atoms with Gasteiger partial charge in [0, 0.05) is 17.3 Å². The van der Waals surface area contributed by atoms with E-state index < -0.39 is 35.9 Å². The SMILES string of the molecule is NC(=O)c1ccc(NC(=O)COC(=O)COc2ccccc2[N+](=O)[O-])cc1. The molecular weight excluding hydrogens is 358 g/mol. The number of carbonyl (C=O) groups is 3. The quantitative estimate of drug-likeness (QED) is 0.401. The maximum absolute atomic E-state index is 11.7. The number of esters is 1. The number of nitrogens with one attached hydrogen (secondary N) is 1. The average Bonchev–Trinajstić information content (AvgIpc) is 2.65. The van der Waals surface area contributed by atoms with E-state index in [4.69, 9.17) is 15.2 Å². The summed E-state index contributed by atoms with van der Waals surface area (Å²) in [5.74, 6) is -2.16. The fourth-order valence-corrected chi connectivity index (χ4v) is 1.97. The molecule has 0 radical (unpaired) electrons. The van der Waals surface area contributed by atoms with E-state index in [-0.39, 0.29) is 17.0 Å². The minimum Gasteiger partial charge on any atom is -0.475 e. The van der Waals surface area contributed by atoms with Crippen LogP contribution in [0.5, 0.6) is 5.75 Å². The largest absolute Gasteiger partial charge is 0.475 e. The molecule has 0 aliphatic carbocycles. The second-order valence-electron chi connectivity index (χ2n) is 5.16. The number of anilines is 1. The Morgan fingerprint density at radius 1 is 1.04 bits per heavy atom.